The Balaban J connectivity index is 0.000000960. The van der Waals surface area contributed by atoms with E-state index < -0.39 is 23.5 Å². The maximum Gasteiger partial charge on any atom is 0.320 e. The van der Waals surface area contributed by atoms with Gasteiger partial charge in [0.05, 0.1) is 0 Å². The Morgan fingerprint density at radius 2 is 1.86 bits per heavy atom. The number of hydrogen-bond donors (Lipinski definition) is 2. The van der Waals surface area contributed by atoms with E-state index in [4.69, 9.17) is 16.7 Å². The van der Waals surface area contributed by atoms with Gasteiger partial charge in [-0.1, -0.05) is 61.5 Å². The maximum absolute atomic E-state index is 13.0. The number of rotatable bonds is 8. The largest absolute Gasteiger partial charge is 0.481 e. The third-order valence-electron chi connectivity index (χ3n) is 5.13. The number of ketones is 1. The molecule has 2 N–H and O–H groups in total. The van der Waals surface area contributed by atoms with Gasteiger partial charge in [-0.3, -0.25) is 19.3 Å². The molecule has 0 bridgehead atoms. The second-order valence-electron chi connectivity index (χ2n) is 6.84. The molecular formula is C22H28ClNO5. The molecule has 1 aromatic rings. The molecule has 0 radical (unpaired) electrons. The molecule has 6 nitrogen and oxygen atoms in total. The van der Waals surface area contributed by atoms with Crippen molar-refractivity contribution in [3.05, 3.63) is 60.2 Å². The van der Waals surface area contributed by atoms with Crippen LogP contribution in [0.3, 0.4) is 0 Å². The van der Waals surface area contributed by atoms with Crippen LogP contribution in [-0.4, -0.2) is 45.9 Å². The Bertz CT molecular complexity index is 757. The van der Waals surface area contributed by atoms with Crippen molar-refractivity contribution in [3.63, 3.8) is 0 Å². The van der Waals surface area contributed by atoms with Gasteiger partial charge in [0, 0.05) is 17.9 Å². The number of benzene rings is 1. The molecule has 1 aliphatic rings. The lowest BCUT2D eigenvalue weighted by Crippen LogP contribution is -2.57. The third-order valence-corrected chi connectivity index (χ3v) is 5.46. The van der Waals surface area contributed by atoms with Gasteiger partial charge < -0.3 is 10.2 Å². The molecule has 7 heteroatoms. The lowest BCUT2D eigenvalue weighted by atomic mass is 9.73. The molecule has 2 rings (SSSR count). The van der Waals surface area contributed by atoms with Crippen molar-refractivity contribution in [1.82, 2.24) is 4.90 Å². The number of halogens is 1. The van der Waals surface area contributed by atoms with Crippen molar-refractivity contribution in [2.75, 3.05) is 7.05 Å². The number of allylic oxidation sites excluding steroid dienone is 2. The van der Waals surface area contributed by atoms with Crippen LogP contribution in [-0.2, 0) is 19.9 Å². The number of Topliss-reactive ketones (excluding diaryl/α,β-unsaturated/α-hetero) is 1. The third kappa shape index (κ3) is 6.02. The molecule has 0 saturated heterocycles. The minimum absolute atomic E-state index is 0.0732. The molecule has 0 aliphatic heterocycles. The number of carbonyl (C=O) groups excluding carboxylic acids is 1. The van der Waals surface area contributed by atoms with Gasteiger partial charge in [0.25, 0.3) is 0 Å². The molecule has 1 aliphatic carbocycles. The number of aliphatic carboxylic acids is 2. The van der Waals surface area contributed by atoms with E-state index in [1.165, 1.54) is 4.90 Å². The normalized spacial score (nSPS) is 19.6. The van der Waals surface area contributed by atoms with Crippen LogP contribution in [0.1, 0.15) is 44.1 Å². The summed E-state index contributed by atoms with van der Waals surface area (Å²) in [4.78, 5) is 37.2. The summed E-state index contributed by atoms with van der Waals surface area (Å²) in [5, 5.41) is 18.9. The fourth-order valence-electron chi connectivity index (χ4n) is 3.67. The second kappa shape index (κ2) is 11.5. The van der Waals surface area contributed by atoms with Crippen molar-refractivity contribution in [2.45, 2.75) is 50.1 Å². The second-order valence-corrected chi connectivity index (χ2v) is 7.25. The van der Waals surface area contributed by atoms with Crippen LogP contribution < -0.4 is 0 Å². The highest BCUT2D eigenvalue weighted by Crippen LogP contribution is 2.43. The topological polar surface area (TPSA) is 94.9 Å². The van der Waals surface area contributed by atoms with E-state index in [1.54, 1.807) is 43.5 Å². The highest BCUT2D eigenvalue weighted by Gasteiger charge is 2.49. The molecule has 0 spiro atoms. The van der Waals surface area contributed by atoms with Gasteiger partial charge >= 0.3 is 11.9 Å². The summed E-state index contributed by atoms with van der Waals surface area (Å²) in [5.41, 5.74) is -0.552. The molecule has 29 heavy (non-hydrogen) atoms. The number of hydrogen-bond acceptors (Lipinski definition) is 4. The molecule has 158 valence electrons. The summed E-state index contributed by atoms with van der Waals surface area (Å²) in [7, 11) is 1.58. The summed E-state index contributed by atoms with van der Waals surface area (Å²) in [6.45, 7) is 6.72. The van der Waals surface area contributed by atoms with Gasteiger partial charge in [0.2, 0.25) is 0 Å². The van der Waals surface area contributed by atoms with Crippen molar-refractivity contribution < 1.29 is 24.6 Å². The van der Waals surface area contributed by atoms with Gasteiger partial charge in [-0.05, 0) is 37.9 Å². The molecule has 1 aromatic carbocycles. The van der Waals surface area contributed by atoms with Gasteiger partial charge in [0.15, 0.2) is 5.78 Å². The first-order valence-corrected chi connectivity index (χ1v) is 9.79. The highest BCUT2D eigenvalue weighted by atomic mass is 35.5. The lowest BCUT2D eigenvalue weighted by molar-refractivity contribution is -0.151. The van der Waals surface area contributed by atoms with Crippen LogP contribution in [0.4, 0.5) is 0 Å². The van der Waals surface area contributed by atoms with Crippen molar-refractivity contribution in [3.8, 4) is 0 Å². The zero-order valence-electron chi connectivity index (χ0n) is 16.6. The number of carboxylic acid groups (broad SMARTS) is 2. The van der Waals surface area contributed by atoms with E-state index in [-0.39, 0.29) is 18.6 Å². The molecule has 1 fully saturated rings. The number of likely N-dealkylation sites (N-methyl/N-ethyl adjacent to an activating group) is 1. The van der Waals surface area contributed by atoms with E-state index in [0.29, 0.717) is 23.4 Å². The first-order valence-electron chi connectivity index (χ1n) is 9.41. The van der Waals surface area contributed by atoms with Crippen LogP contribution in [0.25, 0.3) is 0 Å². The quantitative estimate of drug-likeness (QED) is 0.608. The van der Waals surface area contributed by atoms with Crippen molar-refractivity contribution in [1.29, 1.82) is 0 Å². The zero-order chi connectivity index (χ0) is 22.0. The Hall–Kier alpha value is -2.44. The van der Waals surface area contributed by atoms with Gasteiger partial charge in [0.1, 0.15) is 11.6 Å². The number of nitrogens with zero attached hydrogens (tertiary/aromatic N) is 1. The van der Waals surface area contributed by atoms with E-state index in [0.717, 1.165) is 12.8 Å². The number of carbonyl (C=O) groups is 3. The smallest absolute Gasteiger partial charge is 0.320 e. The van der Waals surface area contributed by atoms with Crippen LogP contribution in [0, 0.1) is 0 Å². The van der Waals surface area contributed by atoms with E-state index in [9.17, 15) is 19.5 Å². The maximum atomic E-state index is 13.0. The SMILES string of the molecule is C=CC=C.CN([C@@H](CCC(=O)O)C(=O)O)[C@@]1(c2ccccc2Cl)CCCCC1=O. The highest BCUT2D eigenvalue weighted by molar-refractivity contribution is 6.31. The molecule has 0 unspecified atom stereocenters. The molecular weight excluding hydrogens is 394 g/mol. The van der Waals surface area contributed by atoms with Crippen molar-refractivity contribution in [2.24, 2.45) is 0 Å². The Morgan fingerprint density at radius 3 is 2.34 bits per heavy atom. The van der Waals surface area contributed by atoms with Gasteiger partial charge in [-0.25, -0.2) is 0 Å². The molecule has 1 saturated carbocycles. The van der Waals surface area contributed by atoms with Crippen molar-refractivity contribution >= 4 is 29.3 Å². The standard InChI is InChI=1S/C18H22ClNO5.C4H6/c1-20(14(17(24)25)9-10-16(22)23)18(11-5-4-8-15(18)21)12-6-2-3-7-13(12)19;1-3-4-2/h2-3,6-7,14H,4-5,8-11H2,1H3,(H,22,23)(H,24,25);3-4H,1-2H2/t14-,18+;/m0./s1. The summed E-state index contributed by atoms with van der Waals surface area (Å²) in [6.07, 6.45) is 5.25. The summed E-state index contributed by atoms with van der Waals surface area (Å²) in [6, 6.07) is 5.87. The predicted molar refractivity (Wildman–Crippen MR) is 113 cm³/mol. The average Bonchev–Trinajstić information content (AvgIpc) is 2.69. The van der Waals surface area contributed by atoms with Crippen LogP contribution >= 0.6 is 11.6 Å². The lowest BCUT2D eigenvalue weighted by Gasteiger charge is -2.46. The van der Waals surface area contributed by atoms with Crippen LogP contribution in [0.5, 0.6) is 0 Å². The fraction of sp³-hybridized carbons (Fsp3) is 0.409. The average molecular weight is 422 g/mol. The van der Waals surface area contributed by atoms with E-state index in [2.05, 4.69) is 13.2 Å². The molecule has 2 atom stereocenters. The molecule has 0 aromatic heterocycles. The molecule has 0 heterocycles. The zero-order valence-corrected chi connectivity index (χ0v) is 17.4. The van der Waals surface area contributed by atoms with E-state index >= 15 is 0 Å². The first-order chi connectivity index (χ1) is 13.7. The van der Waals surface area contributed by atoms with Crippen LogP contribution in [0.2, 0.25) is 5.02 Å². The summed E-state index contributed by atoms with van der Waals surface area (Å²) < 4.78 is 0. The first kappa shape index (κ1) is 24.6. The van der Waals surface area contributed by atoms with E-state index in [1.807, 2.05) is 0 Å². The van der Waals surface area contributed by atoms with Gasteiger partial charge in [-0.2, -0.15) is 0 Å². The fourth-order valence-corrected chi connectivity index (χ4v) is 3.96. The minimum atomic E-state index is -1.14. The van der Waals surface area contributed by atoms with Crippen LogP contribution in [0.15, 0.2) is 49.6 Å². The monoisotopic (exact) mass is 421 g/mol. The Kier molecular flexibility index (Phi) is 9.78. The molecule has 0 amide bonds. The predicted octanol–water partition coefficient (Wildman–Crippen LogP) is 4.29. The van der Waals surface area contributed by atoms with Gasteiger partial charge in [-0.15, -0.1) is 0 Å². The minimum Gasteiger partial charge on any atom is -0.481 e. The summed E-state index contributed by atoms with van der Waals surface area (Å²) in [5.74, 6) is -2.29. The number of carboxylic acids is 2. The Labute approximate surface area is 176 Å². The Morgan fingerprint density at radius 1 is 1.24 bits per heavy atom. The summed E-state index contributed by atoms with van der Waals surface area (Å²) >= 11 is 6.35.